The molecule has 3 aromatic heterocycles. The molecule has 0 aliphatic carbocycles. The molecule has 0 radical (unpaired) electrons. The summed E-state index contributed by atoms with van der Waals surface area (Å²) in [5.41, 5.74) is -1.37. The Bertz CT molecular complexity index is 2310. The number of ether oxygens (including phenoxy) is 2. The highest BCUT2D eigenvalue weighted by Crippen LogP contribution is 2.48. The fraction of sp³-hybridized carbons (Fsp3) is 0.417. The van der Waals surface area contributed by atoms with Crippen LogP contribution in [0.2, 0.25) is 5.28 Å². The molecule has 2 saturated heterocycles. The maximum absolute atomic E-state index is 17.2. The highest BCUT2D eigenvalue weighted by atomic mass is 35.5. The number of nitrogens with one attached hydrogen (secondary N) is 1. The summed E-state index contributed by atoms with van der Waals surface area (Å²) in [7, 11) is 0. The largest absolute Gasteiger partial charge is 0.461 e. The number of furan rings is 1. The highest BCUT2D eigenvalue weighted by molar-refractivity contribution is 7.23. The Balaban J connectivity index is 1.39. The molecule has 0 saturated carbocycles. The van der Waals surface area contributed by atoms with Crippen molar-refractivity contribution in [3.63, 3.8) is 0 Å². The van der Waals surface area contributed by atoms with E-state index in [0.717, 1.165) is 24.2 Å². The maximum atomic E-state index is 17.2. The number of anilines is 2. The minimum Gasteiger partial charge on any atom is -0.461 e. The van der Waals surface area contributed by atoms with Gasteiger partial charge in [-0.1, -0.05) is 6.07 Å². The van der Waals surface area contributed by atoms with Crippen LogP contribution < -0.4 is 10.2 Å². The molecule has 266 valence electrons. The van der Waals surface area contributed by atoms with Crippen molar-refractivity contribution in [2.24, 2.45) is 0 Å². The summed E-state index contributed by atoms with van der Waals surface area (Å²) in [6.07, 6.45) is 0.336. The number of carbonyl (C=O) groups excluding carboxylic acids is 2. The van der Waals surface area contributed by atoms with Crippen LogP contribution in [-0.4, -0.2) is 63.4 Å². The van der Waals surface area contributed by atoms with Gasteiger partial charge in [0.25, 0.3) is 0 Å². The SMILES string of the molecule is Cc1cc2c(o1)c(-c1ccc(F)c3sc(NC(=O)OC(C)(C)C)c(C#N)c13)c(F)c1nc(Cl)nc(N3C[C@H]4CC[C@@H](C3)N4C(=O)OC(C)(C)C)c12. The van der Waals surface area contributed by atoms with Crippen molar-refractivity contribution < 1.29 is 32.3 Å². The summed E-state index contributed by atoms with van der Waals surface area (Å²) in [4.78, 5) is 38.6. The number of nitriles is 1. The van der Waals surface area contributed by atoms with Gasteiger partial charge in [-0.05, 0) is 90.6 Å². The first kappa shape index (κ1) is 34.7. The topological polar surface area (TPSA) is 134 Å². The van der Waals surface area contributed by atoms with E-state index in [1.807, 2.05) is 25.7 Å². The molecule has 5 aromatic rings. The van der Waals surface area contributed by atoms with E-state index in [1.54, 1.807) is 38.7 Å². The number of nitrogens with zero attached hydrogens (tertiary/aromatic N) is 5. The number of halogens is 3. The number of carbonyl (C=O) groups is 2. The molecule has 2 amide bonds. The number of hydrogen-bond acceptors (Lipinski definition) is 10. The molecule has 1 N–H and O–H groups in total. The van der Waals surface area contributed by atoms with Gasteiger partial charge in [-0.15, -0.1) is 11.3 Å². The summed E-state index contributed by atoms with van der Waals surface area (Å²) in [6.45, 7) is 13.1. The minimum absolute atomic E-state index is 0.0331. The first-order valence-corrected chi connectivity index (χ1v) is 17.6. The Hall–Kier alpha value is -4.74. The van der Waals surface area contributed by atoms with Crippen LogP contribution in [0, 0.1) is 29.9 Å². The van der Waals surface area contributed by atoms with Gasteiger partial charge in [0.05, 0.1) is 33.3 Å². The second kappa shape index (κ2) is 12.2. The van der Waals surface area contributed by atoms with Crippen LogP contribution in [0.4, 0.5) is 29.2 Å². The molecule has 15 heteroatoms. The van der Waals surface area contributed by atoms with Crippen LogP contribution in [-0.2, 0) is 9.47 Å². The molecule has 2 atom stereocenters. The first-order valence-electron chi connectivity index (χ1n) is 16.4. The maximum Gasteiger partial charge on any atom is 0.412 e. The average Bonchev–Trinajstić information content (AvgIpc) is 3.66. The molecular formula is C36H35ClF2N6O5S. The molecule has 2 bridgehead atoms. The van der Waals surface area contributed by atoms with Crippen molar-refractivity contribution in [3.05, 3.63) is 46.4 Å². The van der Waals surface area contributed by atoms with Gasteiger partial charge in [-0.3, -0.25) is 10.2 Å². The van der Waals surface area contributed by atoms with Gasteiger partial charge in [0.15, 0.2) is 5.82 Å². The van der Waals surface area contributed by atoms with Gasteiger partial charge in [0.2, 0.25) is 5.28 Å². The predicted molar refractivity (Wildman–Crippen MR) is 191 cm³/mol. The van der Waals surface area contributed by atoms with E-state index in [9.17, 15) is 14.9 Å². The summed E-state index contributed by atoms with van der Waals surface area (Å²) in [5.74, 6) is -0.612. The van der Waals surface area contributed by atoms with Crippen molar-refractivity contribution in [2.45, 2.75) is 84.6 Å². The number of piperazine rings is 1. The van der Waals surface area contributed by atoms with Crippen LogP contribution in [0.1, 0.15) is 65.7 Å². The lowest BCUT2D eigenvalue weighted by molar-refractivity contribution is 0.0122. The van der Waals surface area contributed by atoms with Crippen molar-refractivity contribution in [2.75, 3.05) is 23.3 Å². The Kier molecular flexibility index (Phi) is 8.30. The number of aryl methyl sites for hydroxylation is 1. The summed E-state index contributed by atoms with van der Waals surface area (Å²) in [6, 6.07) is 6.05. The van der Waals surface area contributed by atoms with Crippen LogP contribution in [0.25, 0.3) is 43.1 Å². The quantitative estimate of drug-likeness (QED) is 0.180. The third-order valence-corrected chi connectivity index (χ3v) is 10.1. The molecule has 2 fully saturated rings. The normalized spacial score (nSPS) is 17.7. The number of rotatable bonds is 3. The second-order valence-electron chi connectivity index (χ2n) is 14.9. The van der Waals surface area contributed by atoms with Crippen molar-refractivity contribution in [3.8, 4) is 17.2 Å². The van der Waals surface area contributed by atoms with E-state index < -0.39 is 28.9 Å². The summed E-state index contributed by atoms with van der Waals surface area (Å²) in [5, 5.41) is 13.7. The zero-order chi connectivity index (χ0) is 36.7. The summed E-state index contributed by atoms with van der Waals surface area (Å²) < 4.78 is 49.9. The molecular weight excluding hydrogens is 702 g/mol. The van der Waals surface area contributed by atoms with E-state index in [2.05, 4.69) is 21.4 Å². The lowest BCUT2D eigenvalue weighted by atomic mass is 9.95. The first-order chi connectivity index (χ1) is 23.9. The molecule has 2 aromatic carbocycles. The van der Waals surface area contributed by atoms with Gasteiger partial charge < -0.3 is 18.8 Å². The number of fused-ring (bicyclic) bond motifs is 6. The lowest BCUT2D eigenvalue weighted by Crippen LogP contribution is -2.57. The fourth-order valence-electron chi connectivity index (χ4n) is 7.06. The van der Waals surface area contributed by atoms with Gasteiger partial charge in [0, 0.05) is 23.9 Å². The molecule has 2 aliphatic rings. The van der Waals surface area contributed by atoms with E-state index >= 15 is 8.78 Å². The number of aromatic nitrogens is 2. The van der Waals surface area contributed by atoms with E-state index in [-0.39, 0.29) is 66.3 Å². The predicted octanol–water partition coefficient (Wildman–Crippen LogP) is 9.30. The molecule has 2 aliphatic heterocycles. The second-order valence-corrected chi connectivity index (χ2v) is 16.2. The standard InChI is InChI=1S/C36H35ClF2N6O5S/c1-16-12-20-25-27(41-32(37)42-30(25)44-14-17-8-9-18(15-44)45(17)34(47)50-36(5,6)7)26(39)24(28(20)48-16)19-10-11-22(38)29-23(19)21(13-40)31(51-29)43-33(46)49-35(2,3)4/h10-12,17-18H,8-9,14-15H2,1-7H3,(H,43,46)/t17-,18+. The monoisotopic (exact) mass is 736 g/mol. The minimum atomic E-state index is -0.826. The zero-order valence-corrected chi connectivity index (χ0v) is 30.6. The lowest BCUT2D eigenvalue weighted by Gasteiger charge is -2.42. The van der Waals surface area contributed by atoms with Crippen molar-refractivity contribution >= 4 is 77.9 Å². The molecule has 51 heavy (non-hydrogen) atoms. The molecule has 0 unspecified atom stereocenters. The van der Waals surface area contributed by atoms with Crippen LogP contribution in [0.3, 0.4) is 0 Å². The van der Waals surface area contributed by atoms with Crippen molar-refractivity contribution in [1.82, 2.24) is 14.9 Å². The average molecular weight is 737 g/mol. The van der Waals surface area contributed by atoms with Gasteiger partial charge in [0.1, 0.15) is 50.8 Å². The number of benzene rings is 2. The molecule has 11 nitrogen and oxygen atoms in total. The zero-order valence-electron chi connectivity index (χ0n) is 29.0. The van der Waals surface area contributed by atoms with E-state index in [0.29, 0.717) is 35.4 Å². The number of amides is 2. The van der Waals surface area contributed by atoms with Gasteiger partial charge in [-0.25, -0.2) is 23.4 Å². The summed E-state index contributed by atoms with van der Waals surface area (Å²) >= 11 is 7.34. The Morgan fingerprint density at radius 1 is 1.06 bits per heavy atom. The fourth-order valence-corrected chi connectivity index (χ4v) is 8.29. The van der Waals surface area contributed by atoms with Crippen molar-refractivity contribution in [1.29, 1.82) is 5.26 Å². The van der Waals surface area contributed by atoms with Crippen LogP contribution >= 0.6 is 22.9 Å². The van der Waals surface area contributed by atoms with E-state index in [1.165, 1.54) is 12.1 Å². The highest BCUT2D eigenvalue weighted by Gasteiger charge is 2.45. The number of thiophene rings is 1. The smallest absolute Gasteiger partial charge is 0.412 e. The van der Waals surface area contributed by atoms with E-state index in [4.69, 9.17) is 25.5 Å². The Labute approximate surface area is 301 Å². The molecule has 7 rings (SSSR count). The third kappa shape index (κ3) is 6.16. The van der Waals surface area contributed by atoms with Gasteiger partial charge in [-0.2, -0.15) is 10.2 Å². The third-order valence-electron chi connectivity index (χ3n) is 8.81. The van der Waals surface area contributed by atoms with Crippen LogP contribution in [0.15, 0.2) is 22.6 Å². The van der Waals surface area contributed by atoms with Gasteiger partial charge >= 0.3 is 12.2 Å². The van der Waals surface area contributed by atoms with Crippen LogP contribution in [0.5, 0.6) is 0 Å². The Morgan fingerprint density at radius 3 is 2.35 bits per heavy atom. The number of hydrogen-bond donors (Lipinski definition) is 1. The molecule has 0 spiro atoms. The Morgan fingerprint density at radius 2 is 1.73 bits per heavy atom. The molecule has 5 heterocycles.